The van der Waals surface area contributed by atoms with Crippen LogP contribution in [0.4, 0.5) is 13.2 Å². The average Bonchev–Trinajstić information content (AvgIpc) is 2.59. The van der Waals surface area contributed by atoms with Crippen LogP contribution in [0.15, 0.2) is 16.2 Å². The SMILES string of the molecule is Cc1nnc(Sc2cc(Cl)nc(C(F)(F)F)n2)n1C. The molecule has 0 radical (unpaired) electrons. The summed E-state index contributed by atoms with van der Waals surface area (Å²) in [6.45, 7) is 1.73. The molecule has 0 amide bonds. The number of aryl methyl sites for hydroxylation is 1. The monoisotopic (exact) mass is 309 g/mol. The van der Waals surface area contributed by atoms with Gasteiger partial charge >= 0.3 is 6.18 Å². The van der Waals surface area contributed by atoms with Gasteiger partial charge in [-0.05, 0) is 18.7 Å². The quantitative estimate of drug-likeness (QED) is 0.798. The number of nitrogens with zero attached hydrogens (tertiary/aromatic N) is 5. The smallest absolute Gasteiger partial charge is 0.309 e. The summed E-state index contributed by atoms with van der Waals surface area (Å²) in [5.74, 6) is -0.639. The minimum Gasteiger partial charge on any atom is -0.309 e. The lowest BCUT2D eigenvalue weighted by atomic mass is 10.5. The second kappa shape index (κ2) is 4.97. The van der Waals surface area contributed by atoms with Crippen molar-refractivity contribution in [3.05, 3.63) is 22.9 Å². The molecule has 5 nitrogen and oxygen atoms in total. The molecule has 0 aliphatic heterocycles. The predicted octanol–water partition coefficient (Wildman–Crippen LogP) is 2.74. The number of alkyl halides is 3. The number of hydrogen-bond donors (Lipinski definition) is 0. The lowest BCUT2D eigenvalue weighted by molar-refractivity contribution is -0.145. The Hall–Kier alpha value is -1.35. The Morgan fingerprint density at radius 3 is 2.47 bits per heavy atom. The molecule has 0 aliphatic rings. The van der Waals surface area contributed by atoms with Crippen LogP contribution < -0.4 is 0 Å². The van der Waals surface area contributed by atoms with Crippen LogP contribution in [0.25, 0.3) is 0 Å². The lowest BCUT2D eigenvalue weighted by Crippen LogP contribution is -2.11. The molecule has 0 atom stereocenters. The van der Waals surface area contributed by atoms with Gasteiger partial charge in [0.25, 0.3) is 0 Å². The molecule has 2 rings (SSSR count). The molecule has 2 aromatic heterocycles. The van der Waals surface area contributed by atoms with Crippen molar-refractivity contribution in [3.63, 3.8) is 0 Å². The van der Waals surface area contributed by atoms with Gasteiger partial charge in [-0.1, -0.05) is 11.6 Å². The highest BCUT2D eigenvalue weighted by molar-refractivity contribution is 7.99. The Morgan fingerprint density at radius 1 is 1.26 bits per heavy atom. The van der Waals surface area contributed by atoms with Gasteiger partial charge in [-0.15, -0.1) is 10.2 Å². The third-order valence-corrected chi connectivity index (χ3v) is 3.32. The molecule has 2 aromatic rings. The van der Waals surface area contributed by atoms with Crippen LogP contribution in [-0.4, -0.2) is 24.7 Å². The van der Waals surface area contributed by atoms with E-state index >= 15 is 0 Å². The summed E-state index contributed by atoms with van der Waals surface area (Å²) < 4.78 is 39.3. The van der Waals surface area contributed by atoms with Crippen molar-refractivity contribution in [3.8, 4) is 0 Å². The maximum atomic E-state index is 12.5. The zero-order valence-electron chi connectivity index (χ0n) is 9.73. The Kier molecular flexibility index (Phi) is 3.68. The van der Waals surface area contributed by atoms with Crippen LogP contribution in [0.2, 0.25) is 5.15 Å². The van der Waals surface area contributed by atoms with Crippen molar-refractivity contribution >= 4 is 23.4 Å². The third kappa shape index (κ3) is 3.16. The van der Waals surface area contributed by atoms with E-state index in [0.29, 0.717) is 11.0 Å². The molecule has 0 saturated heterocycles. The first-order chi connectivity index (χ1) is 8.77. The second-order valence-corrected chi connectivity index (χ2v) is 4.92. The van der Waals surface area contributed by atoms with E-state index in [0.717, 1.165) is 11.8 Å². The van der Waals surface area contributed by atoms with E-state index in [9.17, 15) is 13.2 Å². The van der Waals surface area contributed by atoms with Crippen LogP contribution in [0, 0.1) is 6.92 Å². The van der Waals surface area contributed by atoms with Crippen molar-refractivity contribution < 1.29 is 13.2 Å². The Labute approximate surface area is 115 Å². The van der Waals surface area contributed by atoms with Crippen LogP contribution in [0.3, 0.4) is 0 Å². The minimum absolute atomic E-state index is 0.0582. The molecule has 19 heavy (non-hydrogen) atoms. The number of halogens is 4. The number of aromatic nitrogens is 5. The van der Waals surface area contributed by atoms with Gasteiger partial charge in [-0.3, -0.25) is 0 Å². The first-order valence-corrected chi connectivity index (χ1v) is 6.12. The topological polar surface area (TPSA) is 56.5 Å². The van der Waals surface area contributed by atoms with Crippen LogP contribution >= 0.6 is 23.4 Å². The highest BCUT2D eigenvalue weighted by Gasteiger charge is 2.35. The van der Waals surface area contributed by atoms with Gasteiger partial charge in [0.15, 0.2) is 5.16 Å². The van der Waals surface area contributed by atoms with Gasteiger partial charge in [0.1, 0.15) is 16.0 Å². The molecule has 0 N–H and O–H groups in total. The summed E-state index contributed by atoms with van der Waals surface area (Å²) in [5, 5.41) is 7.82. The van der Waals surface area contributed by atoms with E-state index in [1.165, 1.54) is 6.07 Å². The average molecular weight is 310 g/mol. The molecule has 0 unspecified atom stereocenters. The molecule has 2 heterocycles. The summed E-state index contributed by atoms with van der Waals surface area (Å²) in [6, 6.07) is 1.24. The zero-order chi connectivity index (χ0) is 14.2. The highest BCUT2D eigenvalue weighted by Crippen LogP contribution is 2.31. The molecule has 0 aromatic carbocycles. The van der Waals surface area contributed by atoms with Gasteiger partial charge in [0.05, 0.1) is 0 Å². The van der Waals surface area contributed by atoms with E-state index in [1.807, 2.05) is 0 Å². The summed E-state index contributed by atoms with van der Waals surface area (Å²) in [5.41, 5.74) is 0. The normalized spacial score (nSPS) is 11.9. The van der Waals surface area contributed by atoms with E-state index in [1.54, 1.807) is 18.5 Å². The number of hydrogen-bond acceptors (Lipinski definition) is 5. The maximum Gasteiger partial charge on any atom is 0.451 e. The molecule has 0 fully saturated rings. The zero-order valence-corrected chi connectivity index (χ0v) is 11.3. The molecular formula is C9H7ClF3N5S. The summed E-state index contributed by atoms with van der Waals surface area (Å²) in [4.78, 5) is 6.56. The van der Waals surface area contributed by atoms with Crippen molar-refractivity contribution in [2.75, 3.05) is 0 Å². The van der Waals surface area contributed by atoms with Crippen molar-refractivity contribution in [1.82, 2.24) is 24.7 Å². The fourth-order valence-electron chi connectivity index (χ4n) is 1.15. The van der Waals surface area contributed by atoms with E-state index in [2.05, 4.69) is 20.2 Å². The summed E-state index contributed by atoms with van der Waals surface area (Å²) >= 11 is 6.49. The maximum absolute atomic E-state index is 12.5. The minimum atomic E-state index is -4.64. The number of rotatable bonds is 2. The molecular weight excluding hydrogens is 303 g/mol. The van der Waals surface area contributed by atoms with Gasteiger partial charge in [0, 0.05) is 13.1 Å². The van der Waals surface area contributed by atoms with E-state index in [-0.39, 0.29) is 10.2 Å². The fourth-order valence-corrected chi connectivity index (χ4v) is 2.23. The highest BCUT2D eigenvalue weighted by atomic mass is 35.5. The fraction of sp³-hybridized carbons (Fsp3) is 0.333. The van der Waals surface area contributed by atoms with Crippen molar-refractivity contribution in [2.45, 2.75) is 23.3 Å². The van der Waals surface area contributed by atoms with Crippen LogP contribution in [0.1, 0.15) is 11.6 Å². The summed E-state index contributed by atoms with van der Waals surface area (Å²) in [6.07, 6.45) is -4.64. The predicted molar refractivity (Wildman–Crippen MR) is 61.9 cm³/mol. The van der Waals surface area contributed by atoms with Crippen LogP contribution in [-0.2, 0) is 13.2 Å². The molecule has 102 valence electrons. The molecule has 0 aliphatic carbocycles. The van der Waals surface area contributed by atoms with Gasteiger partial charge < -0.3 is 4.57 Å². The molecule has 0 saturated carbocycles. The van der Waals surface area contributed by atoms with Crippen molar-refractivity contribution in [1.29, 1.82) is 0 Å². The Morgan fingerprint density at radius 2 is 1.95 bits per heavy atom. The standard InChI is InChI=1S/C9H7ClF3N5S/c1-4-16-17-8(18(4)2)19-6-3-5(10)14-7(15-6)9(11,12)13/h3H,1-2H3. The second-order valence-electron chi connectivity index (χ2n) is 3.54. The Balaban J connectivity index is 2.36. The van der Waals surface area contributed by atoms with E-state index < -0.39 is 12.0 Å². The molecule has 0 spiro atoms. The van der Waals surface area contributed by atoms with Gasteiger partial charge in [-0.2, -0.15) is 13.2 Å². The first-order valence-electron chi connectivity index (χ1n) is 4.93. The van der Waals surface area contributed by atoms with Gasteiger partial charge in [-0.25, -0.2) is 9.97 Å². The lowest BCUT2D eigenvalue weighted by Gasteiger charge is -2.07. The molecule has 10 heteroatoms. The first kappa shape index (κ1) is 14.1. The van der Waals surface area contributed by atoms with Crippen LogP contribution in [0.5, 0.6) is 0 Å². The van der Waals surface area contributed by atoms with Crippen molar-refractivity contribution in [2.24, 2.45) is 7.05 Å². The van der Waals surface area contributed by atoms with Gasteiger partial charge in [0.2, 0.25) is 5.82 Å². The Bertz CT molecular complexity index is 612. The van der Waals surface area contributed by atoms with E-state index in [4.69, 9.17) is 11.6 Å². The third-order valence-electron chi connectivity index (χ3n) is 2.17. The summed E-state index contributed by atoms with van der Waals surface area (Å²) in [7, 11) is 1.70. The largest absolute Gasteiger partial charge is 0.451 e. The molecule has 0 bridgehead atoms.